The van der Waals surface area contributed by atoms with E-state index in [2.05, 4.69) is 5.32 Å². The van der Waals surface area contributed by atoms with Crippen LogP contribution < -0.4 is 9.62 Å². The number of para-hydroxylation sites is 1. The molecule has 0 heterocycles. The van der Waals surface area contributed by atoms with Crippen LogP contribution in [0, 0.1) is 5.92 Å². The smallest absolute Gasteiger partial charge is 0.264 e. The SMILES string of the molecule is CCN(c1ccccc1)S(=O)(=O)c1ccc(C(=O)NCC(C)C)cc1. The molecule has 0 fully saturated rings. The highest BCUT2D eigenvalue weighted by molar-refractivity contribution is 7.92. The number of nitrogens with zero attached hydrogens (tertiary/aromatic N) is 1. The molecule has 0 radical (unpaired) electrons. The second-order valence-corrected chi connectivity index (χ2v) is 8.00. The Kier molecular flexibility index (Phi) is 6.20. The van der Waals surface area contributed by atoms with E-state index in [-0.39, 0.29) is 10.8 Å². The Morgan fingerprint density at radius 3 is 2.16 bits per heavy atom. The molecular formula is C19H24N2O3S. The van der Waals surface area contributed by atoms with Crippen LogP contribution >= 0.6 is 0 Å². The summed E-state index contributed by atoms with van der Waals surface area (Å²) in [6.45, 7) is 6.72. The summed E-state index contributed by atoms with van der Waals surface area (Å²) in [6.07, 6.45) is 0. The first kappa shape index (κ1) is 19.0. The van der Waals surface area contributed by atoms with Crippen molar-refractivity contribution in [2.45, 2.75) is 25.7 Å². The molecular weight excluding hydrogens is 336 g/mol. The summed E-state index contributed by atoms with van der Waals surface area (Å²) < 4.78 is 27.1. The van der Waals surface area contributed by atoms with E-state index in [1.54, 1.807) is 43.3 Å². The summed E-state index contributed by atoms with van der Waals surface area (Å²) in [6, 6.07) is 15.0. The Labute approximate surface area is 149 Å². The van der Waals surface area contributed by atoms with Crippen molar-refractivity contribution >= 4 is 21.6 Å². The molecule has 134 valence electrons. The van der Waals surface area contributed by atoms with Gasteiger partial charge in [-0.1, -0.05) is 32.0 Å². The molecule has 25 heavy (non-hydrogen) atoms. The largest absolute Gasteiger partial charge is 0.352 e. The number of sulfonamides is 1. The summed E-state index contributed by atoms with van der Waals surface area (Å²) in [4.78, 5) is 12.2. The zero-order chi connectivity index (χ0) is 18.4. The van der Waals surface area contributed by atoms with Crippen molar-refractivity contribution in [3.8, 4) is 0 Å². The Bertz CT molecular complexity index is 800. The zero-order valence-corrected chi connectivity index (χ0v) is 15.6. The first-order chi connectivity index (χ1) is 11.9. The monoisotopic (exact) mass is 360 g/mol. The Morgan fingerprint density at radius 2 is 1.64 bits per heavy atom. The summed E-state index contributed by atoms with van der Waals surface area (Å²) in [7, 11) is -3.67. The lowest BCUT2D eigenvalue weighted by atomic mass is 10.2. The summed E-state index contributed by atoms with van der Waals surface area (Å²) in [5.41, 5.74) is 1.06. The van der Waals surface area contributed by atoms with E-state index in [4.69, 9.17) is 0 Å². The van der Waals surface area contributed by atoms with Crippen molar-refractivity contribution in [2.24, 2.45) is 5.92 Å². The third-order valence-electron chi connectivity index (χ3n) is 3.71. The van der Waals surface area contributed by atoms with Crippen molar-refractivity contribution in [1.29, 1.82) is 0 Å². The van der Waals surface area contributed by atoms with Crippen molar-refractivity contribution in [2.75, 3.05) is 17.4 Å². The van der Waals surface area contributed by atoms with Crippen molar-refractivity contribution in [1.82, 2.24) is 5.32 Å². The standard InChI is InChI=1S/C19H24N2O3S/c1-4-21(17-8-6-5-7-9-17)25(23,24)18-12-10-16(11-13-18)19(22)20-14-15(2)3/h5-13,15H,4,14H2,1-3H3,(H,20,22). The molecule has 0 spiro atoms. The third-order valence-corrected chi connectivity index (χ3v) is 5.62. The lowest BCUT2D eigenvalue weighted by Crippen LogP contribution is -2.31. The van der Waals surface area contributed by atoms with Crippen LogP contribution in [0.4, 0.5) is 5.69 Å². The van der Waals surface area contributed by atoms with Gasteiger partial charge in [-0.3, -0.25) is 9.10 Å². The van der Waals surface area contributed by atoms with Gasteiger partial charge in [0.1, 0.15) is 0 Å². The van der Waals surface area contributed by atoms with Gasteiger partial charge in [-0.2, -0.15) is 0 Å². The van der Waals surface area contributed by atoms with Crippen LogP contribution in [-0.4, -0.2) is 27.4 Å². The molecule has 0 aliphatic carbocycles. The van der Waals surface area contributed by atoms with Gasteiger partial charge in [-0.25, -0.2) is 8.42 Å². The molecule has 0 saturated heterocycles. The third kappa shape index (κ3) is 4.60. The molecule has 1 N–H and O–H groups in total. The lowest BCUT2D eigenvalue weighted by Gasteiger charge is -2.23. The lowest BCUT2D eigenvalue weighted by molar-refractivity contribution is 0.0949. The molecule has 2 rings (SSSR count). The molecule has 5 nitrogen and oxygen atoms in total. The van der Waals surface area contributed by atoms with Gasteiger partial charge >= 0.3 is 0 Å². The van der Waals surface area contributed by atoms with Crippen LogP contribution in [0.5, 0.6) is 0 Å². The molecule has 0 aliphatic rings. The van der Waals surface area contributed by atoms with Gasteiger partial charge in [0.2, 0.25) is 0 Å². The molecule has 0 saturated carbocycles. The molecule has 0 bridgehead atoms. The average Bonchev–Trinajstić information content (AvgIpc) is 2.61. The fourth-order valence-corrected chi connectivity index (χ4v) is 3.86. The Balaban J connectivity index is 2.24. The second-order valence-electron chi connectivity index (χ2n) is 6.13. The molecule has 6 heteroatoms. The van der Waals surface area contributed by atoms with Gasteiger partial charge < -0.3 is 5.32 Å². The van der Waals surface area contributed by atoms with Crippen LogP contribution in [0.1, 0.15) is 31.1 Å². The van der Waals surface area contributed by atoms with Gasteiger partial charge in [-0.05, 0) is 49.2 Å². The normalized spacial score (nSPS) is 11.4. The predicted octanol–water partition coefficient (Wildman–Crippen LogP) is 3.29. The molecule has 0 aliphatic heterocycles. The maximum atomic E-state index is 12.9. The highest BCUT2D eigenvalue weighted by Gasteiger charge is 2.23. The molecule has 0 aromatic heterocycles. The maximum absolute atomic E-state index is 12.9. The van der Waals surface area contributed by atoms with E-state index in [0.717, 1.165) is 0 Å². The molecule has 2 aromatic carbocycles. The van der Waals surface area contributed by atoms with E-state index in [1.165, 1.54) is 16.4 Å². The number of nitrogens with one attached hydrogen (secondary N) is 1. The first-order valence-electron chi connectivity index (χ1n) is 8.32. The fourth-order valence-electron chi connectivity index (χ4n) is 2.39. The number of hydrogen-bond donors (Lipinski definition) is 1. The molecule has 0 unspecified atom stereocenters. The predicted molar refractivity (Wildman–Crippen MR) is 100 cm³/mol. The van der Waals surface area contributed by atoms with Gasteiger partial charge in [0, 0.05) is 18.7 Å². The van der Waals surface area contributed by atoms with E-state index < -0.39 is 10.0 Å². The number of anilines is 1. The summed E-state index contributed by atoms with van der Waals surface area (Å²) >= 11 is 0. The number of carbonyl (C=O) groups is 1. The number of hydrogen-bond acceptors (Lipinski definition) is 3. The van der Waals surface area contributed by atoms with Gasteiger partial charge in [0.05, 0.1) is 10.6 Å². The van der Waals surface area contributed by atoms with Crippen LogP contribution in [-0.2, 0) is 10.0 Å². The molecule has 0 atom stereocenters. The Morgan fingerprint density at radius 1 is 1.04 bits per heavy atom. The van der Waals surface area contributed by atoms with Crippen LogP contribution in [0.25, 0.3) is 0 Å². The molecule has 1 amide bonds. The van der Waals surface area contributed by atoms with Crippen molar-refractivity contribution in [3.05, 3.63) is 60.2 Å². The van der Waals surface area contributed by atoms with Crippen LogP contribution in [0.15, 0.2) is 59.5 Å². The van der Waals surface area contributed by atoms with E-state index >= 15 is 0 Å². The summed E-state index contributed by atoms with van der Waals surface area (Å²) in [5, 5.41) is 2.82. The molecule has 2 aromatic rings. The van der Waals surface area contributed by atoms with Gasteiger partial charge in [0.15, 0.2) is 0 Å². The minimum Gasteiger partial charge on any atom is -0.352 e. The zero-order valence-electron chi connectivity index (χ0n) is 14.8. The minimum absolute atomic E-state index is 0.165. The minimum atomic E-state index is -3.67. The van der Waals surface area contributed by atoms with E-state index in [1.807, 2.05) is 19.9 Å². The fraction of sp³-hybridized carbons (Fsp3) is 0.316. The number of benzene rings is 2. The number of amides is 1. The van der Waals surface area contributed by atoms with Crippen LogP contribution in [0.3, 0.4) is 0 Å². The number of rotatable bonds is 7. The van der Waals surface area contributed by atoms with E-state index in [0.29, 0.717) is 30.3 Å². The summed E-state index contributed by atoms with van der Waals surface area (Å²) in [5.74, 6) is 0.153. The highest BCUT2D eigenvalue weighted by Crippen LogP contribution is 2.23. The topological polar surface area (TPSA) is 66.5 Å². The van der Waals surface area contributed by atoms with Gasteiger partial charge in [-0.15, -0.1) is 0 Å². The Hall–Kier alpha value is -2.34. The number of carbonyl (C=O) groups excluding carboxylic acids is 1. The average molecular weight is 360 g/mol. The first-order valence-corrected chi connectivity index (χ1v) is 9.76. The second kappa shape index (κ2) is 8.16. The van der Waals surface area contributed by atoms with Crippen LogP contribution in [0.2, 0.25) is 0 Å². The van der Waals surface area contributed by atoms with Crippen molar-refractivity contribution in [3.63, 3.8) is 0 Å². The van der Waals surface area contributed by atoms with Crippen molar-refractivity contribution < 1.29 is 13.2 Å². The quantitative estimate of drug-likeness (QED) is 0.824. The van der Waals surface area contributed by atoms with E-state index in [9.17, 15) is 13.2 Å². The maximum Gasteiger partial charge on any atom is 0.264 e. The van der Waals surface area contributed by atoms with Gasteiger partial charge in [0.25, 0.3) is 15.9 Å². The highest BCUT2D eigenvalue weighted by atomic mass is 32.2.